The summed E-state index contributed by atoms with van der Waals surface area (Å²) < 4.78 is 0. The summed E-state index contributed by atoms with van der Waals surface area (Å²) in [4.78, 5) is 0. The maximum atomic E-state index is 3.93. The Morgan fingerprint density at radius 1 is 1.20 bits per heavy atom. The van der Waals surface area contributed by atoms with Crippen molar-refractivity contribution in [1.82, 2.24) is 0 Å². The van der Waals surface area contributed by atoms with Gasteiger partial charge in [-0.2, -0.15) is 0 Å². The van der Waals surface area contributed by atoms with E-state index in [2.05, 4.69) is 37.9 Å². The van der Waals surface area contributed by atoms with Gasteiger partial charge in [0.2, 0.25) is 0 Å². The van der Waals surface area contributed by atoms with E-state index in [0.717, 1.165) is 22.3 Å². The molecule has 76 valence electrons. The molecule has 0 aliphatic heterocycles. The summed E-state index contributed by atoms with van der Waals surface area (Å²) in [5, 5.41) is 0. The zero-order chi connectivity index (χ0) is 11.3. The average Bonchev–Trinajstić information content (AvgIpc) is 2.26. The van der Waals surface area contributed by atoms with Crippen molar-refractivity contribution in [2.75, 3.05) is 0 Å². The second-order valence-electron chi connectivity index (χ2n) is 3.42. The lowest BCUT2D eigenvalue weighted by Crippen LogP contribution is -1.84. The van der Waals surface area contributed by atoms with Crippen molar-refractivity contribution in [3.05, 3.63) is 73.4 Å². The highest BCUT2D eigenvalue weighted by molar-refractivity contribution is 5.77. The van der Waals surface area contributed by atoms with Gasteiger partial charge in [-0.05, 0) is 29.7 Å². The van der Waals surface area contributed by atoms with Gasteiger partial charge in [0.1, 0.15) is 0 Å². The Balaban J connectivity index is 3.19. The second-order valence-corrected chi connectivity index (χ2v) is 3.42. The summed E-state index contributed by atoms with van der Waals surface area (Å²) in [6, 6.07) is 8.25. The summed E-state index contributed by atoms with van der Waals surface area (Å²) in [6.45, 7) is 13.4. The van der Waals surface area contributed by atoms with Gasteiger partial charge in [-0.25, -0.2) is 0 Å². The summed E-state index contributed by atoms with van der Waals surface area (Å²) in [5.74, 6) is 0. The fourth-order valence-electron chi connectivity index (χ4n) is 1.37. The van der Waals surface area contributed by atoms with Crippen molar-refractivity contribution in [3.63, 3.8) is 0 Å². The molecule has 0 nitrogen and oxygen atoms in total. The molecule has 0 bridgehead atoms. The van der Waals surface area contributed by atoms with Crippen LogP contribution in [0.5, 0.6) is 0 Å². The van der Waals surface area contributed by atoms with Crippen molar-refractivity contribution < 1.29 is 0 Å². The minimum Gasteiger partial charge on any atom is -0.0990 e. The SMILES string of the molecule is C=C/C=C(\C=C)c1cccc(C(=C)C)c1. The zero-order valence-corrected chi connectivity index (χ0v) is 9.16. The molecule has 0 N–H and O–H groups in total. The highest BCUT2D eigenvalue weighted by Crippen LogP contribution is 2.20. The Labute approximate surface area is 92.0 Å². The molecule has 0 fully saturated rings. The third-order valence-electron chi connectivity index (χ3n) is 2.21. The molecule has 0 heterocycles. The zero-order valence-electron chi connectivity index (χ0n) is 9.16. The van der Waals surface area contributed by atoms with Gasteiger partial charge in [0.15, 0.2) is 0 Å². The first-order valence-corrected chi connectivity index (χ1v) is 4.90. The van der Waals surface area contributed by atoms with Crippen LogP contribution in [-0.4, -0.2) is 0 Å². The van der Waals surface area contributed by atoms with Crippen LogP contribution in [0.4, 0.5) is 0 Å². The van der Waals surface area contributed by atoms with Gasteiger partial charge >= 0.3 is 0 Å². The summed E-state index contributed by atoms with van der Waals surface area (Å²) in [7, 11) is 0. The lowest BCUT2D eigenvalue weighted by molar-refractivity contribution is 1.54. The molecule has 0 aliphatic rings. The van der Waals surface area contributed by atoms with Crippen molar-refractivity contribution >= 4 is 11.1 Å². The van der Waals surface area contributed by atoms with E-state index in [1.807, 2.05) is 25.1 Å². The highest BCUT2D eigenvalue weighted by atomic mass is 14.0. The molecule has 0 saturated carbocycles. The Kier molecular flexibility index (Phi) is 3.87. The molecular weight excluding hydrogens is 180 g/mol. The molecule has 0 unspecified atom stereocenters. The predicted molar refractivity (Wildman–Crippen MR) is 69.5 cm³/mol. The second kappa shape index (κ2) is 5.16. The molecule has 0 aliphatic carbocycles. The van der Waals surface area contributed by atoms with Crippen LogP contribution in [0.3, 0.4) is 0 Å². The lowest BCUT2D eigenvalue weighted by Gasteiger charge is -2.05. The average molecular weight is 196 g/mol. The Hall–Kier alpha value is -1.82. The van der Waals surface area contributed by atoms with E-state index in [0.29, 0.717) is 0 Å². The number of benzene rings is 1. The molecule has 0 spiro atoms. The molecule has 1 rings (SSSR count). The first-order chi connectivity index (χ1) is 7.19. The third-order valence-corrected chi connectivity index (χ3v) is 2.21. The molecule has 15 heavy (non-hydrogen) atoms. The van der Waals surface area contributed by atoms with E-state index >= 15 is 0 Å². The number of hydrogen-bond donors (Lipinski definition) is 0. The Bertz CT molecular complexity index is 419. The summed E-state index contributed by atoms with van der Waals surface area (Å²) in [5.41, 5.74) is 4.45. The van der Waals surface area contributed by atoms with E-state index in [4.69, 9.17) is 0 Å². The minimum absolute atomic E-state index is 1.07. The Morgan fingerprint density at radius 2 is 1.87 bits per heavy atom. The first kappa shape index (κ1) is 11.3. The molecule has 0 saturated heterocycles. The van der Waals surface area contributed by atoms with E-state index in [9.17, 15) is 0 Å². The van der Waals surface area contributed by atoms with Crippen molar-refractivity contribution in [2.24, 2.45) is 0 Å². The van der Waals surface area contributed by atoms with Crippen LogP contribution in [0.2, 0.25) is 0 Å². The van der Waals surface area contributed by atoms with Crippen LogP contribution in [-0.2, 0) is 0 Å². The van der Waals surface area contributed by atoms with E-state index in [1.54, 1.807) is 6.08 Å². The number of rotatable bonds is 4. The largest absolute Gasteiger partial charge is 0.0990 e. The molecule has 0 radical (unpaired) electrons. The standard InChI is InChI=1S/C15H16/c1-5-8-13(6-2)15-10-7-9-14(11-15)12(3)4/h5-11H,1-3H2,4H3/b13-8+. The molecular formula is C15H16. The van der Waals surface area contributed by atoms with E-state index in [-0.39, 0.29) is 0 Å². The maximum Gasteiger partial charge on any atom is -0.0178 e. The number of hydrogen-bond acceptors (Lipinski definition) is 0. The van der Waals surface area contributed by atoms with Gasteiger partial charge in [-0.15, -0.1) is 0 Å². The molecule has 1 aromatic carbocycles. The topological polar surface area (TPSA) is 0 Å². The lowest BCUT2D eigenvalue weighted by atomic mass is 10.0. The highest BCUT2D eigenvalue weighted by Gasteiger charge is 1.98. The van der Waals surface area contributed by atoms with Gasteiger partial charge in [0.25, 0.3) is 0 Å². The molecule has 1 aromatic rings. The Morgan fingerprint density at radius 3 is 2.40 bits per heavy atom. The van der Waals surface area contributed by atoms with Crippen LogP contribution in [0.1, 0.15) is 18.1 Å². The fraction of sp³-hybridized carbons (Fsp3) is 0.0667. The summed E-state index contributed by atoms with van der Waals surface area (Å²) in [6.07, 6.45) is 5.55. The van der Waals surface area contributed by atoms with Crippen LogP contribution in [0.15, 0.2) is 62.2 Å². The van der Waals surface area contributed by atoms with Gasteiger partial charge in [-0.1, -0.05) is 61.7 Å². The predicted octanol–water partition coefficient (Wildman–Crippen LogP) is 4.48. The van der Waals surface area contributed by atoms with Crippen LogP contribution in [0, 0.1) is 0 Å². The monoisotopic (exact) mass is 196 g/mol. The normalized spacial score (nSPS) is 10.9. The summed E-state index contributed by atoms with van der Waals surface area (Å²) >= 11 is 0. The van der Waals surface area contributed by atoms with Crippen LogP contribution < -0.4 is 0 Å². The minimum atomic E-state index is 1.07. The van der Waals surface area contributed by atoms with Gasteiger partial charge in [0, 0.05) is 0 Å². The van der Waals surface area contributed by atoms with E-state index in [1.165, 1.54) is 0 Å². The van der Waals surface area contributed by atoms with E-state index < -0.39 is 0 Å². The van der Waals surface area contributed by atoms with Gasteiger partial charge in [0.05, 0.1) is 0 Å². The van der Waals surface area contributed by atoms with Crippen molar-refractivity contribution in [2.45, 2.75) is 6.92 Å². The van der Waals surface area contributed by atoms with Gasteiger partial charge < -0.3 is 0 Å². The molecule has 0 amide bonds. The molecule has 0 heteroatoms. The smallest absolute Gasteiger partial charge is 0.0178 e. The quantitative estimate of drug-likeness (QED) is 0.623. The third kappa shape index (κ3) is 2.81. The maximum absolute atomic E-state index is 3.93. The molecule has 0 atom stereocenters. The van der Waals surface area contributed by atoms with Crippen molar-refractivity contribution in [1.29, 1.82) is 0 Å². The van der Waals surface area contributed by atoms with Gasteiger partial charge in [-0.3, -0.25) is 0 Å². The fourth-order valence-corrected chi connectivity index (χ4v) is 1.37. The van der Waals surface area contributed by atoms with Crippen LogP contribution in [0.25, 0.3) is 11.1 Å². The number of allylic oxidation sites excluding steroid dienone is 5. The molecule has 0 aromatic heterocycles. The van der Waals surface area contributed by atoms with Crippen molar-refractivity contribution in [3.8, 4) is 0 Å². The van der Waals surface area contributed by atoms with Crippen LogP contribution >= 0.6 is 0 Å². The first-order valence-electron chi connectivity index (χ1n) is 4.90.